The van der Waals surface area contributed by atoms with Gasteiger partial charge in [-0.3, -0.25) is 4.90 Å². The molecule has 7 nitrogen and oxygen atoms in total. The van der Waals surface area contributed by atoms with Gasteiger partial charge in [0.2, 0.25) is 0 Å². The van der Waals surface area contributed by atoms with E-state index in [0.29, 0.717) is 5.92 Å². The van der Waals surface area contributed by atoms with Gasteiger partial charge in [-0.1, -0.05) is 0 Å². The highest BCUT2D eigenvalue weighted by Crippen LogP contribution is 2.34. The third kappa shape index (κ3) is 3.52. The molecule has 0 spiro atoms. The van der Waals surface area contributed by atoms with Gasteiger partial charge in [0.1, 0.15) is 23.6 Å². The molecule has 2 aliphatic heterocycles. The van der Waals surface area contributed by atoms with Gasteiger partial charge in [0.25, 0.3) is 0 Å². The number of anilines is 1. The van der Waals surface area contributed by atoms with Gasteiger partial charge >= 0.3 is 0 Å². The van der Waals surface area contributed by atoms with Crippen molar-refractivity contribution in [3.8, 4) is 0 Å². The van der Waals surface area contributed by atoms with Crippen LogP contribution < -0.4 is 4.90 Å². The minimum Gasteiger partial charge on any atom is -0.370 e. The number of aromatic nitrogens is 4. The molecule has 0 unspecified atom stereocenters. The van der Waals surface area contributed by atoms with Crippen LogP contribution in [0.1, 0.15) is 24.2 Å². The number of ether oxygens (including phenoxy) is 1. The number of hydrogen-bond acceptors (Lipinski definition) is 6. The van der Waals surface area contributed by atoms with Gasteiger partial charge in [-0.2, -0.15) is 0 Å². The van der Waals surface area contributed by atoms with Crippen LogP contribution in [0.5, 0.6) is 0 Å². The summed E-state index contributed by atoms with van der Waals surface area (Å²) in [6.45, 7) is 8.00. The number of piperazine rings is 1. The number of hydrogen-bond donors (Lipinski definition) is 0. The summed E-state index contributed by atoms with van der Waals surface area (Å²) >= 11 is 0. The first-order valence-corrected chi connectivity index (χ1v) is 9.06. The second-order valence-corrected chi connectivity index (χ2v) is 6.99. The van der Waals surface area contributed by atoms with E-state index in [1.54, 1.807) is 0 Å². The molecule has 2 aromatic heterocycles. The van der Waals surface area contributed by atoms with Crippen LogP contribution in [-0.2, 0) is 11.8 Å². The van der Waals surface area contributed by atoms with Crippen molar-refractivity contribution < 1.29 is 4.74 Å². The van der Waals surface area contributed by atoms with Crippen LogP contribution in [0.15, 0.2) is 24.7 Å². The Bertz CT molecular complexity index is 709. The Labute approximate surface area is 148 Å². The molecule has 7 heteroatoms. The second-order valence-electron chi connectivity index (χ2n) is 6.99. The van der Waals surface area contributed by atoms with Crippen molar-refractivity contribution in [2.24, 2.45) is 13.0 Å². The molecule has 0 radical (unpaired) electrons. The lowest BCUT2D eigenvalue weighted by Crippen LogP contribution is -2.48. The van der Waals surface area contributed by atoms with E-state index in [1.165, 1.54) is 0 Å². The smallest absolute Gasteiger partial charge is 0.137 e. The predicted octanol–water partition coefficient (Wildman–Crippen LogP) is 1.42. The van der Waals surface area contributed by atoms with Crippen molar-refractivity contribution in [3.05, 3.63) is 36.3 Å². The molecule has 134 valence electrons. The summed E-state index contributed by atoms with van der Waals surface area (Å²) in [5, 5.41) is 0. The lowest BCUT2D eigenvalue weighted by molar-refractivity contribution is 0.0685. The zero-order valence-electron chi connectivity index (χ0n) is 15.0. The van der Waals surface area contributed by atoms with E-state index in [1.807, 2.05) is 38.6 Å². The molecule has 0 bridgehead atoms. The Hall–Kier alpha value is -1.99. The summed E-state index contributed by atoms with van der Waals surface area (Å²) in [7, 11) is 2.05. The highest BCUT2D eigenvalue weighted by Gasteiger charge is 2.34. The molecule has 0 aliphatic carbocycles. The summed E-state index contributed by atoms with van der Waals surface area (Å²) in [6.07, 6.45) is 6.94. The largest absolute Gasteiger partial charge is 0.370 e. The van der Waals surface area contributed by atoms with E-state index >= 15 is 0 Å². The third-order valence-corrected chi connectivity index (χ3v) is 5.28. The topological polar surface area (TPSA) is 59.3 Å². The van der Waals surface area contributed by atoms with E-state index in [4.69, 9.17) is 4.74 Å². The van der Waals surface area contributed by atoms with E-state index in [-0.39, 0.29) is 6.10 Å². The molecule has 2 saturated heterocycles. The van der Waals surface area contributed by atoms with Crippen molar-refractivity contribution in [3.63, 3.8) is 0 Å². The zero-order chi connectivity index (χ0) is 17.2. The van der Waals surface area contributed by atoms with Crippen LogP contribution in [0.25, 0.3) is 0 Å². The van der Waals surface area contributed by atoms with E-state index in [9.17, 15) is 0 Å². The molecule has 4 rings (SSSR count). The van der Waals surface area contributed by atoms with Crippen molar-refractivity contribution in [2.45, 2.75) is 19.4 Å². The van der Waals surface area contributed by atoms with E-state index < -0.39 is 0 Å². The number of nitrogens with zero attached hydrogens (tertiary/aromatic N) is 6. The Morgan fingerprint density at radius 2 is 2.00 bits per heavy atom. The minimum absolute atomic E-state index is 0.127. The first-order chi connectivity index (χ1) is 12.2. The summed E-state index contributed by atoms with van der Waals surface area (Å²) in [5.41, 5.74) is 0. The van der Waals surface area contributed by atoms with Crippen LogP contribution >= 0.6 is 0 Å². The van der Waals surface area contributed by atoms with Crippen molar-refractivity contribution in [1.82, 2.24) is 24.4 Å². The van der Waals surface area contributed by atoms with Crippen LogP contribution in [0, 0.1) is 12.8 Å². The fourth-order valence-electron chi connectivity index (χ4n) is 3.87. The maximum absolute atomic E-state index is 6.00. The summed E-state index contributed by atoms with van der Waals surface area (Å²) in [6, 6.07) is 2.00. The lowest BCUT2D eigenvalue weighted by atomic mass is 9.99. The van der Waals surface area contributed by atoms with Gasteiger partial charge in [-0.25, -0.2) is 15.0 Å². The monoisotopic (exact) mass is 342 g/mol. The molecule has 2 atom stereocenters. The molecule has 0 aromatic carbocycles. The fraction of sp³-hybridized carbons (Fsp3) is 0.611. The molecular formula is C18H26N6O. The maximum atomic E-state index is 6.00. The molecule has 0 N–H and O–H groups in total. The average Bonchev–Trinajstić information content (AvgIpc) is 3.24. The first-order valence-electron chi connectivity index (χ1n) is 9.06. The number of imidazole rings is 1. The highest BCUT2D eigenvalue weighted by atomic mass is 16.5. The Balaban J connectivity index is 1.35. The fourth-order valence-corrected chi connectivity index (χ4v) is 3.87. The van der Waals surface area contributed by atoms with E-state index in [2.05, 4.69) is 29.3 Å². The molecule has 4 heterocycles. The molecule has 2 fully saturated rings. The zero-order valence-corrected chi connectivity index (χ0v) is 15.0. The molecule has 0 amide bonds. The molecular weight excluding hydrogens is 316 g/mol. The molecule has 2 aliphatic rings. The van der Waals surface area contributed by atoms with Crippen LogP contribution in [0.2, 0.25) is 0 Å². The van der Waals surface area contributed by atoms with Gasteiger partial charge in [-0.05, 0) is 19.4 Å². The standard InChI is InChI=1S/C18H26N6O/c1-14-19-5-3-16(21-14)24-10-8-23(9-11-24)13-15-4-12-25-17(15)18-20-6-7-22(18)2/h3,5-7,15,17H,4,8-13H2,1-2H3/t15-,17+/m0/s1. The Kier molecular flexibility index (Phi) is 4.67. The summed E-state index contributed by atoms with van der Waals surface area (Å²) in [4.78, 5) is 18.1. The number of aryl methyl sites for hydroxylation is 2. The third-order valence-electron chi connectivity index (χ3n) is 5.28. The van der Waals surface area contributed by atoms with Crippen molar-refractivity contribution in [2.75, 3.05) is 44.2 Å². The summed E-state index contributed by atoms with van der Waals surface area (Å²) in [5.74, 6) is 3.45. The predicted molar refractivity (Wildman–Crippen MR) is 95.4 cm³/mol. The molecule has 25 heavy (non-hydrogen) atoms. The SMILES string of the molecule is Cc1nccc(N2CCN(C[C@@H]3CCO[C@H]3c3nccn3C)CC2)n1. The first kappa shape index (κ1) is 16.5. The Morgan fingerprint density at radius 3 is 2.72 bits per heavy atom. The number of rotatable bonds is 4. The van der Waals surface area contributed by atoms with Crippen LogP contribution in [0.4, 0.5) is 5.82 Å². The van der Waals surface area contributed by atoms with Crippen molar-refractivity contribution in [1.29, 1.82) is 0 Å². The Morgan fingerprint density at radius 1 is 1.16 bits per heavy atom. The van der Waals surface area contributed by atoms with Crippen LogP contribution in [0.3, 0.4) is 0 Å². The summed E-state index contributed by atoms with van der Waals surface area (Å²) < 4.78 is 8.08. The van der Waals surface area contributed by atoms with Gasteiger partial charge in [0.05, 0.1) is 0 Å². The van der Waals surface area contributed by atoms with Gasteiger partial charge in [0.15, 0.2) is 0 Å². The molecule has 2 aromatic rings. The average molecular weight is 342 g/mol. The van der Waals surface area contributed by atoms with E-state index in [0.717, 1.165) is 63.2 Å². The van der Waals surface area contributed by atoms with Crippen molar-refractivity contribution >= 4 is 5.82 Å². The molecule has 0 saturated carbocycles. The normalized spacial score (nSPS) is 24.8. The second kappa shape index (κ2) is 7.09. The maximum Gasteiger partial charge on any atom is 0.137 e. The van der Waals surface area contributed by atoms with Crippen LogP contribution in [-0.4, -0.2) is 63.7 Å². The lowest BCUT2D eigenvalue weighted by Gasteiger charge is -2.37. The minimum atomic E-state index is 0.127. The van der Waals surface area contributed by atoms with Gasteiger partial charge < -0.3 is 14.2 Å². The van der Waals surface area contributed by atoms with Gasteiger partial charge in [0, 0.05) is 70.9 Å². The van der Waals surface area contributed by atoms with Gasteiger partial charge in [-0.15, -0.1) is 0 Å². The highest BCUT2D eigenvalue weighted by molar-refractivity contribution is 5.37. The quantitative estimate of drug-likeness (QED) is 0.837.